The Kier molecular flexibility index (Phi) is 3.08. The van der Waals surface area contributed by atoms with Crippen molar-refractivity contribution in [1.82, 2.24) is 4.98 Å². The van der Waals surface area contributed by atoms with Gasteiger partial charge in [0, 0.05) is 30.7 Å². The minimum absolute atomic E-state index is 0.154. The Balaban J connectivity index is 1.59. The zero-order chi connectivity index (χ0) is 15.2. The predicted molar refractivity (Wildman–Crippen MR) is 89.9 cm³/mol. The lowest BCUT2D eigenvalue weighted by atomic mass is 9.71. The number of hydrogen-bond acceptors (Lipinski definition) is 4. The lowest BCUT2D eigenvalue weighted by molar-refractivity contribution is 0.292. The summed E-state index contributed by atoms with van der Waals surface area (Å²) in [5.74, 6) is 0. The number of rotatable bonds is 1. The average Bonchev–Trinajstić information content (AvgIpc) is 2.81. The van der Waals surface area contributed by atoms with Gasteiger partial charge in [-0.3, -0.25) is 4.98 Å². The van der Waals surface area contributed by atoms with Gasteiger partial charge in [0.1, 0.15) is 0 Å². The molecular weight excluding hydrogens is 272 g/mol. The average molecular weight is 294 g/mol. The maximum absolute atomic E-state index is 6.55. The summed E-state index contributed by atoms with van der Waals surface area (Å²) in [6.45, 7) is 2.01. The summed E-state index contributed by atoms with van der Waals surface area (Å²) in [6.07, 6.45) is 6.80. The quantitative estimate of drug-likeness (QED) is 0.845. The van der Waals surface area contributed by atoms with Gasteiger partial charge in [-0.05, 0) is 36.5 Å². The molecule has 1 aliphatic carbocycles. The molecule has 0 radical (unpaired) electrons. The van der Waals surface area contributed by atoms with E-state index in [1.165, 1.54) is 11.1 Å². The minimum atomic E-state index is 0.154. The predicted octanol–water partition coefficient (Wildman–Crippen LogP) is 2.09. The lowest BCUT2D eigenvalue weighted by Crippen LogP contribution is -2.50. The Morgan fingerprint density at radius 1 is 1.14 bits per heavy atom. The summed E-state index contributed by atoms with van der Waals surface area (Å²) in [4.78, 5) is 6.59. The molecular formula is C18H22N4. The van der Waals surface area contributed by atoms with E-state index in [1.54, 1.807) is 6.20 Å². The van der Waals surface area contributed by atoms with Crippen molar-refractivity contribution in [2.75, 3.05) is 23.7 Å². The highest BCUT2D eigenvalue weighted by molar-refractivity contribution is 5.54. The molecule has 4 nitrogen and oxygen atoms in total. The number of nitrogens with zero attached hydrogens (tertiary/aromatic N) is 2. The van der Waals surface area contributed by atoms with Crippen LogP contribution in [0.2, 0.25) is 0 Å². The van der Waals surface area contributed by atoms with E-state index < -0.39 is 0 Å². The van der Waals surface area contributed by atoms with Crippen LogP contribution >= 0.6 is 0 Å². The minimum Gasteiger partial charge on any atom is -0.397 e. The molecule has 114 valence electrons. The van der Waals surface area contributed by atoms with Crippen LogP contribution in [-0.4, -0.2) is 24.1 Å². The van der Waals surface area contributed by atoms with Crippen LogP contribution in [-0.2, 0) is 11.8 Å². The monoisotopic (exact) mass is 294 g/mol. The van der Waals surface area contributed by atoms with E-state index in [1.807, 2.05) is 12.3 Å². The molecule has 1 fully saturated rings. The second kappa shape index (κ2) is 4.99. The van der Waals surface area contributed by atoms with E-state index in [9.17, 15) is 0 Å². The fraction of sp³-hybridized carbons (Fsp3) is 0.389. The molecule has 1 aromatic carbocycles. The number of fused-ring (bicyclic) bond motifs is 2. The normalized spacial score (nSPS) is 22.8. The second-order valence-electron chi connectivity index (χ2n) is 6.59. The Bertz CT molecular complexity index is 689. The third-order valence-corrected chi connectivity index (χ3v) is 5.47. The van der Waals surface area contributed by atoms with Gasteiger partial charge in [0.25, 0.3) is 0 Å². The van der Waals surface area contributed by atoms with E-state index in [-0.39, 0.29) is 11.5 Å². The molecule has 4 heteroatoms. The Morgan fingerprint density at radius 3 is 2.68 bits per heavy atom. The van der Waals surface area contributed by atoms with Crippen molar-refractivity contribution in [2.24, 2.45) is 5.73 Å². The van der Waals surface area contributed by atoms with E-state index >= 15 is 0 Å². The summed E-state index contributed by atoms with van der Waals surface area (Å²) >= 11 is 0. The van der Waals surface area contributed by atoms with Gasteiger partial charge in [0.2, 0.25) is 0 Å². The number of nitrogens with two attached hydrogens (primary N) is 2. The number of piperidine rings is 1. The molecule has 1 aromatic heterocycles. The number of pyridine rings is 1. The van der Waals surface area contributed by atoms with Crippen LogP contribution in [0.5, 0.6) is 0 Å². The Labute approximate surface area is 131 Å². The molecule has 4 rings (SSSR count). The molecule has 0 bridgehead atoms. The smallest absolute Gasteiger partial charge is 0.0573 e. The summed E-state index contributed by atoms with van der Waals surface area (Å²) in [5, 5.41) is 0. The molecule has 1 unspecified atom stereocenters. The molecule has 22 heavy (non-hydrogen) atoms. The van der Waals surface area contributed by atoms with Crippen molar-refractivity contribution in [3.8, 4) is 0 Å². The van der Waals surface area contributed by atoms with Crippen molar-refractivity contribution in [3.63, 3.8) is 0 Å². The fourth-order valence-electron chi connectivity index (χ4n) is 4.24. The topological polar surface area (TPSA) is 68.2 Å². The molecule has 1 spiro atoms. The first-order chi connectivity index (χ1) is 10.7. The molecule has 0 amide bonds. The molecule has 1 aliphatic heterocycles. The fourth-order valence-corrected chi connectivity index (χ4v) is 4.24. The SMILES string of the molecule is Nc1cncc(N2CCC3(CC2)c2ccccc2CC3N)c1. The number of nitrogen functional groups attached to an aromatic ring is 1. The van der Waals surface area contributed by atoms with Crippen LogP contribution in [0.3, 0.4) is 0 Å². The first-order valence-corrected chi connectivity index (χ1v) is 7.98. The van der Waals surface area contributed by atoms with Crippen LogP contribution < -0.4 is 16.4 Å². The molecule has 2 aliphatic rings. The van der Waals surface area contributed by atoms with E-state index in [4.69, 9.17) is 11.5 Å². The van der Waals surface area contributed by atoms with Gasteiger partial charge in [-0.1, -0.05) is 24.3 Å². The van der Waals surface area contributed by atoms with Gasteiger partial charge >= 0.3 is 0 Å². The highest BCUT2D eigenvalue weighted by Crippen LogP contribution is 2.46. The summed E-state index contributed by atoms with van der Waals surface area (Å²) in [5.41, 5.74) is 17.3. The van der Waals surface area contributed by atoms with Gasteiger partial charge in [0.15, 0.2) is 0 Å². The van der Waals surface area contributed by atoms with Crippen LogP contribution in [0.1, 0.15) is 24.0 Å². The van der Waals surface area contributed by atoms with E-state index in [2.05, 4.69) is 34.1 Å². The zero-order valence-electron chi connectivity index (χ0n) is 12.7. The van der Waals surface area contributed by atoms with Crippen molar-refractivity contribution < 1.29 is 0 Å². The van der Waals surface area contributed by atoms with Crippen LogP contribution in [0, 0.1) is 0 Å². The van der Waals surface area contributed by atoms with Gasteiger partial charge in [-0.25, -0.2) is 0 Å². The van der Waals surface area contributed by atoms with Gasteiger partial charge in [0.05, 0.1) is 17.6 Å². The number of benzene rings is 1. The van der Waals surface area contributed by atoms with E-state index in [0.29, 0.717) is 0 Å². The molecule has 1 saturated heterocycles. The van der Waals surface area contributed by atoms with Gasteiger partial charge in [-0.15, -0.1) is 0 Å². The molecule has 1 atom stereocenters. The summed E-state index contributed by atoms with van der Waals surface area (Å²) < 4.78 is 0. The molecule has 4 N–H and O–H groups in total. The maximum Gasteiger partial charge on any atom is 0.0573 e. The standard InChI is InChI=1S/C18H22N4/c19-14-10-15(12-21-11-14)22-7-5-18(6-8-22)16-4-2-1-3-13(16)9-17(18)20/h1-4,10-12,17H,5-9,19-20H2. The van der Waals surface area contributed by atoms with Crippen molar-refractivity contribution in [1.29, 1.82) is 0 Å². The molecule has 0 saturated carbocycles. The van der Waals surface area contributed by atoms with Crippen LogP contribution in [0.25, 0.3) is 0 Å². The van der Waals surface area contributed by atoms with Crippen molar-refractivity contribution in [2.45, 2.75) is 30.7 Å². The first kappa shape index (κ1) is 13.6. The summed E-state index contributed by atoms with van der Waals surface area (Å²) in [6, 6.07) is 11.0. The summed E-state index contributed by atoms with van der Waals surface area (Å²) in [7, 11) is 0. The van der Waals surface area contributed by atoms with Gasteiger partial charge < -0.3 is 16.4 Å². The van der Waals surface area contributed by atoms with E-state index in [0.717, 1.165) is 43.7 Å². The van der Waals surface area contributed by atoms with Crippen LogP contribution in [0.4, 0.5) is 11.4 Å². The maximum atomic E-state index is 6.55. The molecule has 2 heterocycles. The number of hydrogen-bond donors (Lipinski definition) is 2. The lowest BCUT2D eigenvalue weighted by Gasteiger charge is -2.43. The largest absolute Gasteiger partial charge is 0.397 e. The third kappa shape index (κ3) is 1.98. The first-order valence-electron chi connectivity index (χ1n) is 7.98. The Hall–Kier alpha value is -2.07. The molecule has 2 aromatic rings. The second-order valence-corrected chi connectivity index (χ2v) is 6.59. The van der Waals surface area contributed by atoms with Crippen molar-refractivity contribution in [3.05, 3.63) is 53.9 Å². The number of aromatic nitrogens is 1. The van der Waals surface area contributed by atoms with Crippen molar-refractivity contribution >= 4 is 11.4 Å². The van der Waals surface area contributed by atoms with Crippen LogP contribution in [0.15, 0.2) is 42.7 Å². The highest BCUT2D eigenvalue weighted by atomic mass is 15.1. The van der Waals surface area contributed by atoms with Gasteiger partial charge in [-0.2, -0.15) is 0 Å². The zero-order valence-corrected chi connectivity index (χ0v) is 12.7. The number of anilines is 2. The third-order valence-electron chi connectivity index (χ3n) is 5.47. The Morgan fingerprint density at radius 2 is 1.91 bits per heavy atom. The highest BCUT2D eigenvalue weighted by Gasteiger charge is 2.46.